The van der Waals surface area contributed by atoms with E-state index >= 15 is 0 Å². The molecule has 1 saturated carbocycles. The second kappa shape index (κ2) is 5.94. The molecule has 120 valence electrons. The summed E-state index contributed by atoms with van der Waals surface area (Å²) in [5.74, 6) is -0.266. The van der Waals surface area contributed by atoms with Crippen molar-refractivity contribution in [3.05, 3.63) is 11.8 Å². The smallest absolute Gasteiger partial charge is 0.391 e. The van der Waals surface area contributed by atoms with Gasteiger partial charge in [0.05, 0.1) is 12.5 Å². The number of nitrogens with zero attached hydrogens (tertiary/aromatic N) is 2. The van der Waals surface area contributed by atoms with E-state index in [9.17, 15) is 13.2 Å². The van der Waals surface area contributed by atoms with Gasteiger partial charge < -0.3 is 9.73 Å². The Bertz CT molecular complexity index is 457. The maximum atomic E-state index is 12.6. The van der Waals surface area contributed by atoms with Crippen LogP contribution in [0.4, 0.5) is 13.2 Å². The molecule has 21 heavy (non-hydrogen) atoms. The van der Waals surface area contributed by atoms with Crippen molar-refractivity contribution in [1.82, 2.24) is 15.5 Å². The summed E-state index contributed by atoms with van der Waals surface area (Å²) in [7, 11) is 0. The Labute approximate surface area is 122 Å². The van der Waals surface area contributed by atoms with Gasteiger partial charge in [0.15, 0.2) is 0 Å². The van der Waals surface area contributed by atoms with Crippen molar-refractivity contribution in [2.75, 3.05) is 0 Å². The average molecular weight is 305 g/mol. The molecule has 7 heteroatoms. The van der Waals surface area contributed by atoms with Gasteiger partial charge in [0.2, 0.25) is 11.8 Å². The normalized spacial score (nSPS) is 24.3. The highest BCUT2D eigenvalue weighted by Crippen LogP contribution is 2.42. The van der Waals surface area contributed by atoms with E-state index in [1.807, 2.05) is 20.8 Å². The fraction of sp³-hybridized carbons (Fsp3) is 0.857. The molecule has 0 spiro atoms. The van der Waals surface area contributed by atoms with Crippen molar-refractivity contribution < 1.29 is 17.6 Å². The SMILES string of the molecule is CC(C)(C)NCc1nnc(C2CCC(C(F)(F)F)CC2)o1. The van der Waals surface area contributed by atoms with E-state index in [1.54, 1.807) is 0 Å². The van der Waals surface area contributed by atoms with Gasteiger partial charge in [-0.25, -0.2) is 0 Å². The minimum absolute atomic E-state index is 0.0421. The molecule has 0 unspecified atom stereocenters. The minimum Gasteiger partial charge on any atom is -0.424 e. The van der Waals surface area contributed by atoms with Gasteiger partial charge in [-0.05, 0) is 46.5 Å². The second-order valence-electron chi connectivity index (χ2n) is 6.73. The van der Waals surface area contributed by atoms with Gasteiger partial charge >= 0.3 is 6.18 Å². The Morgan fingerprint density at radius 3 is 2.24 bits per heavy atom. The summed E-state index contributed by atoms with van der Waals surface area (Å²) in [5.41, 5.74) is -0.0561. The van der Waals surface area contributed by atoms with Crippen LogP contribution < -0.4 is 5.32 Å². The topological polar surface area (TPSA) is 51.0 Å². The Morgan fingerprint density at radius 2 is 1.71 bits per heavy atom. The van der Waals surface area contributed by atoms with Gasteiger partial charge in [0, 0.05) is 11.5 Å². The maximum absolute atomic E-state index is 12.6. The molecule has 0 aromatic carbocycles. The van der Waals surface area contributed by atoms with Crippen LogP contribution in [-0.4, -0.2) is 21.9 Å². The molecule has 1 fully saturated rings. The molecule has 1 aromatic rings. The van der Waals surface area contributed by atoms with Crippen LogP contribution in [0.3, 0.4) is 0 Å². The third-order valence-electron chi connectivity index (χ3n) is 3.79. The van der Waals surface area contributed by atoms with Crippen LogP contribution >= 0.6 is 0 Å². The zero-order valence-corrected chi connectivity index (χ0v) is 12.6. The molecule has 2 rings (SSSR count). The van der Waals surface area contributed by atoms with E-state index in [-0.39, 0.29) is 24.3 Å². The number of halogens is 3. The van der Waals surface area contributed by atoms with Crippen LogP contribution in [0.15, 0.2) is 4.42 Å². The van der Waals surface area contributed by atoms with Crippen LogP contribution in [0.2, 0.25) is 0 Å². The lowest BCUT2D eigenvalue weighted by Gasteiger charge is -2.27. The average Bonchev–Trinajstić information content (AvgIpc) is 2.83. The Hall–Kier alpha value is -1.11. The summed E-state index contributed by atoms with van der Waals surface area (Å²) >= 11 is 0. The van der Waals surface area contributed by atoms with Gasteiger partial charge in [-0.1, -0.05) is 0 Å². The lowest BCUT2D eigenvalue weighted by molar-refractivity contribution is -0.182. The number of hydrogen-bond donors (Lipinski definition) is 1. The molecule has 1 aliphatic rings. The van der Waals surface area contributed by atoms with Crippen LogP contribution in [0.5, 0.6) is 0 Å². The van der Waals surface area contributed by atoms with Crippen molar-refractivity contribution in [3.8, 4) is 0 Å². The number of aromatic nitrogens is 2. The fourth-order valence-electron chi connectivity index (χ4n) is 2.51. The van der Waals surface area contributed by atoms with Crippen LogP contribution in [0.1, 0.15) is 64.2 Å². The third-order valence-corrected chi connectivity index (χ3v) is 3.79. The van der Waals surface area contributed by atoms with Gasteiger partial charge in [0.25, 0.3) is 0 Å². The van der Waals surface area contributed by atoms with Crippen molar-refractivity contribution in [3.63, 3.8) is 0 Å². The van der Waals surface area contributed by atoms with Gasteiger partial charge in [0.1, 0.15) is 0 Å². The zero-order chi connectivity index (χ0) is 15.7. The van der Waals surface area contributed by atoms with E-state index in [0.717, 1.165) is 0 Å². The highest BCUT2D eigenvalue weighted by Gasteiger charge is 2.42. The molecule has 0 amide bonds. The summed E-state index contributed by atoms with van der Waals surface area (Å²) < 4.78 is 43.5. The molecule has 0 saturated heterocycles. The fourth-order valence-corrected chi connectivity index (χ4v) is 2.51. The predicted molar refractivity (Wildman–Crippen MR) is 71.6 cm³/mol. The van der Waals surface area contributed by atoms with E-state index < -0.39 is 12.1 Å². The second-order valence-corrected chi connectivity index (χ2v) is 6.73. The van der Waals surface area contributed by atoms with Crippen LogP contribution in [-0.2, 0) is 6.54 Å². The first-order valence-corrected chi connectivity index (χ1v) is 7.29. The molecule has 1 aromatic heterocycles. The van der Waals surface area contributed by atoms with Crippen molar-refractivity contribution in [1.29, 1.82) is 0 Å². The molecule has 4 nitrogen and oxygen atoms in total. The highest BCUT2D eigenvalue weighted by atomic mass is 19.4. The molecular weight excluding hydrogens is 283 g/mol. The first-order valence-electron chi connectivity index (χ1n) is 7.29. The molecule has 0 radical (unpaired) electrons. The first kappa shape index (κ1) is 16.3. The van der Waals surface area contributed by atoms with E-state index in [0.29, 0.717) is 31.2 Å². The van der Waals surface area contributed by atoms with Crippen LogP contribution in [0.25, 0.3) is 0 Å². The molecule has 1 aliphatic carbocycles. The third kappa shape index (κ3) is 4.69. The number of alkyl halides is 3. The molecule has 0 atom stereocenters. The van der Waals surface area contributed by atoms with E-state index in [4.69, 9.17) is 4.42 Å². The highest BCUT2D eigenvalue weighted by molar-refractivity contribution is 4.95. The van der Waals surface area contributed by atoms with Gasteiger partial charge in [-0.3, -0.25) is 0 Å². The number of nitrogens with one attached hydrogen (secondary N) is 1. The summed E-state index contributed by atoms with van der Waals surface area (Å²) in [5, 5.41) is 11.2. The summed E-state index contributed by atoms with van der Waals surface area (Å²) in [4.78, 5) is 0. The van der Waals surface area contributed by atoms with Gasteiger partial charge in [-0.2, -0.15) is 13.2 Å². The van der Waals surface area contributed by atoms with E-state index in [1.165, 1.54) is 0 Å². The van der Waals surface area contributed by atoms with Crippen LogP contribution in [0, 0.1) is 5.92 Å². The molecular formula is C14H22F3N3O. The Morgan fingerprint density at radius 1 is 1.10 bits per heavy atom. The maximum Gasteiger partial charge on any atom is 0.391 e. The predicted octanol–water partition coefficient (Wildman–Crippen LogP) is 3.79. The van der Waals surface area contributed by atoms with Gasteiger partial charge in [-0.15, -0.1) is 10.2 Å². The lowest BCUT2D eigenvalue weighted by atomic mass is 9.81. The first-order chi connectivity index (χ1) is 9.65. The quantitative estimate of drug-likeness (QED) is 0.923. The summed E-state index contributed by atoms with van der Waals surface area (Å²) in [6.07, 6.45) is -2.88. The Kier molecular flexibility index (Phi) is 4.60. The largest absolute Gasteiger partial charge is 0.424 e. The summed E-state index contributed by atoms with van der Waals surface area (Å²) in [6, 6.07) is 0. The van der Waals surface area contributed by atoms with Crippen molar-refractivity contribution in [2.24, 2.45) is 5.92 Å². The summed E-state index contributed by atoms with van der Waals surface area (Å²) in [6.45, 7) is 6.56. The molecule has 1 N–H and O–H groups in total. The molecule has 0 aliphatic heterocycles. The lowest BCUT2D eigenvalue weighted by Crippen LogP contribution is -2.35. The molecule has 0 bridgehead atoms. The standard InChI is InChI=1S/C14H22F3N3O/c1-13(2,3)18-8-11-19-20-12(21-11)9-4-6-10(7-5-9)14(15,16)17/h9-10,18H,4-8H2,1-3H3. The van der Waals surface area contributed by atoms with E-state index in [2.05, 4.69) is 15.5 Å². The zero-order valence-electron chi connectivity index (χ0n) is 12.6. The number of hydrogen-bond acceptors (Lipinski definition) is 4. The minimum atomic E-state index is -4.08. The monoisotopic (exact) mass is 305 g/mol. The van der Waals surface area contributed by atoms with Crippen molar-refractivity contribution >= 4 is 0 Å². The number of rotatable bonds is 3. The molecule has 1 heterocycles. The van der Waals surface area contributed by atoms with Crippen molar-refractivity contribution in [2.45, 2.75) is 70.6 Å². The Balaban J connectivity index is 1.88.